The third kappa shape index (κ3) is 6.29. The Bertz CT molecular complexity index is 1210. The predicted octanol–water partition coefficient (Wildman–Crippen LogP) is 3.68. The lowest BCUT2D eigenvalue weighted by atomic mass is 10.1. The molecule has 2 N–H and O–H groups in total. The van der Waals surface area contributed by atoms with Crippen LogP contribution in [0.25, 0.3) is 0 Å². The van der Waals surface area contributed by atoms with E-state index in [0.29, 0.717) is 28.4 Å². The van der Waals surface area contributed by atoms with E-state index < -0.39 is 5.91 Å². The maximum atomic E-state index is 13.1. The Morgan fingerprint density at radius 3 is 1.86 bits per heavy atom. The average Bonchev–Trinajstić information content (AvgIpc) is 2.88. The van der Waals surface area contributed by atoms with Crippen molar-refractivity contribution in [2.75, 3.05) is 45.6 Å². The number of methoxy groups -OCH3 is 2. The molecule has 0 aliphatic rings. The van der Waals surface area contributed by atoms with E-state index in [9.17, 15) is 14.4 Å². The molecular weight excluding hydrogens is 450 g/mol. The molecule has 0 radical (unpaired) electrons. The van der Waals surface area contributed by atoms with Gasteiger partial charge < -0.3 is 29.7 Å². The number of nitrogens with one attached hydrogen (secondary N) is 2. The summed E-state index contributed by atoms with van der Waals surface area (Å²) in [4.78, 5) is 39.0. The molecule has 182 valence electrons. The average molecular weight is 478 g/mol. The van der Waals surface area contributed by atoms with E-state index in [1.54, 1.807) is 74.8 Å². The first-order valence-electron chi connectivity index (χ1n) is 10.7. The molecule has 0 aromatic heterocycles. The Hall–Kier alpha value is -4.53. The molecule has 0 atom stereocenters. The minimum atomic E-state index is -0.473. The molecule has 9 nitrogen and oxygen atoms in total. The lowest BCUT2D eigenvalue weighted by molar-refractivity contribution is -0.130. The molecule has 0 spiro atoms. The van der Waals surface area contributed by atoms with Crippen LogP contribution < -0.4 is 24.8 Å². The van der Waals surface area contributed by atoms with Crippen LogP contribution in [0.1, 0.15) is 20.7 Å². The maximum Gasteiger partial charge on any atom is 0.259 e. The molecule has 0 heterocycles. The Morgan fingerprint density at radius 2 is 1.29 bits per heavy atom. The summed E-state index contributed by atoms with van der Waals surface area (Å²) in [6.07, 6.45) is 0. The second kappa shape index (κ2) is 11.6. The van der Waals surface area contributed by atoms with Crippen molar-refractivity contribution in [1.82, 2.24) is 4.90 Å². The van der Waals surface area contributed by atoms with Gasteiger partial charge >= 0.3 is 0 Å². The number of likely N-dealkylation sites (N-methyl/N-ethyl adjacent to an activating group) is 1. The normalized spacial score (nSPS) is 10.2. The van der Waals surface area contributed by atoms with Crippen LogP contribution in [0.3, 0.4) is 0 Å². The smallest absolute Gasteiger partial charge is 0.259 e. The highest BCUT2D eigenvalue weighted by Crippen LogP contribution is 2.37. The highest BCUT2D eigenvalue weighted by molar-refractivity contribution is 6.08. The van der Waals surface area contributed by atoms with Crippen LogP contribution in [0, 0.1) is 0 Å². The van der Waals surface area contributed by atoms with Crippen LogP contribution in [0.5, 0.6) is 17.2 Å². The number of ether oxygens (including phenoxy) is 3. The first-order chi connectivity index (χ1) is 16.8. The molecule has 3 aromatic rings. The van der Waals surface area contributed by atoms with Gasteiger partial charge in [0.05, 0.1) is 31.2 Å². The van der Waals surface area contributed by atoms with Crippen molar-refractivity contribution in [3.63, 3.8) is 0 Å². The maximum absolute atomic E-state index is 13.1. The number of hydrogen-bond donors (Lipinski definition) is 2. The standard InChI is InChI=1S/C26H27N3O6/c1-29(2)24(30)16-35-21-13-9-8-12-18(21)26(32)28-20-15-22(33-3)19(14-23(20)34-4)27-25(31)17-10-6-5-7-11-17/h5-15H,16H2,1-4H3,(H,27,31)(H,28,32). The molecule has 9 heteroatoms. The Balaban J connectivity index is 1.83. The molecule has 0 fully saturated rings. The summed E-state index contributed by atoms with van der Waals surface area (Å²) >= 11 is 0. The predicted molar refractivity (Wildman–Crippen MR) is 133 cm³/mol. The zero-order valence-electron chi connectivity index (χ0n) is 20.0. The fourth-order valence-corrected chi connectivity index (χ4v) is 3.12. The van der Waals surface area contributed by atoms with Crippen LogP contribution in [-0.4, -0.2) is 57.5 Å². The monoisotopic (exact) mass is 477 g/mol. The number of para-hydroxylation sites is 1. The van der Waals surface area contributed by atoms with Gasteiger partial charge in [-0.2, -0.15) is 0 Å². The summed E-state index contributed by atoms with van der Waals surface area (Å²) in [7, 11) is 6.15. The molecule has 0 aliphatic heterocycles. The highest BCUT2D eigenvalue weighted by Gasteiger charge is 2.19. The fraction of sp³-hybridized carbons (Fsp3) is 0.192. The lowest BCUT2D eigenvalue weighted by Crippen LogP contribution is -2.28. The number of rotatable bonds is 9. The van der Waals surface area contributed by atoms with Gasteiger partial charge in [-0.1, -0.05) is 30.3 Å². The van der Waals surface area contributed by atoms with Gasteiger partial charge in [-0.05, 0) is 24.3 Å². The number of amides is 3. The minimum absolute atomic E-state index is 0.204. The summed E-state index contributed by atoms with van der Waals surface area (Å²) in [5.41, 5.74) is 1.42. The van der Waals surface area contributed by atoms with Gasteiger partial charge in [0, 0.05) is 31.8 Å². The number of hydrogen-bond acceptors (Lipinski definition) is 6. The fourth-order valence-electron chi connectivity index (χ4n) is 3.12. The molecular formula is C26H27N3O6. The van der Waals surface area contributed by atoms with Gasteiger partial charge in [-0.25, -0.2) is 0 Å². The second-order valence-electron chi connectivity index (χ2n) is 7.60. The summed E-state index contributed by atoms with van der Waals surface area (Å²) in [6, 6.07) is 18.5. The van der Waals surface area contributed by atoms with Gasteiger partial charge in [-0.15, -0.1) is 0 Å². The minimum Gasteiger partial charge on any atom is -0.494 e. The van der Waals surface area contributed by atoms with Gasteiger partial charge in [-0.3, -0.25) is 14.4 Å². The zero-order valence-corrected chi connectivity index (χ0v) is 20.0. The van der Waals surface area contributed by atoms with Crippen molar-refractivity contribution >= 4 is 29.1 Å². The number of carbonyl (C=O) groups is 3. The third-order valence-corrected chi connectivity index (χ3v) is 5.04. The molecule has 3 rings (SSSR count). The zero-order chi connectivity index (χ0) is 25.4. The van der Waals surface area contributed by atoms with Crippen LogP contribution >= 0.6 is 0 Å². The first-order valence-corrected chi connectivity index (χ1v) is 10.7. The summed E-state index contributed by atoms with van der Waals surface area (Å²) in [5, 5.41) is 5.58. The van der Waals surface area contributed by atoms with Crippen LogP contribution in [-0.2, 0) is 4.79 Å². The topological polar surface area (TPSA) is 106 Å². The molecule has 3 aromatic carbocycles. The number of carbonyl (C=O) groups excluding carboxylic acids is 3. The summed E-state index contributed by atoms with van der Waals surface area (Å²) in [5.74, 6) is -0.131. The molecule has 0 saturated heterocycles. The van der Waals surface area contributed by atoms with Crippen molar-refractivity contribution < 1.29 is 28.6 Å². The van der Waals surface area contributed by atoms with Crippen molar-refractivity contribution in [1.29, 1.82) is 0 Å². The quantitative estimate of drug-likeness (QED) is 0.487. The molecule has 3 amide bonds. The van der Waals surface area contributed by atoms with E-state index in [4.69, 9.17) is 14.2 Å². The van der Waals surface area contributed by atoms with E-state index in [0.717, 1.165) is 0 Å². The van der Waals surface area contributed by atoms with Gasteiger partial charge in [0.15, 0.2) is 6.61 Å². The number of benzene rings is 3. The largest absolute Gasteiger partial charge is 0.494 e. The van der Waals surface area contributed by atoms with E-state index in [-0.39, 0.29) is 29.7 Å². The van der Waals surface area contributed by atoms with Crippen LogP contribution in [0.15, 0.2) is 66.7 Å². The molecule has 0 aliphatic carbocycles. The van der Waals surface area contributed by atoms with Crippen LogP contribution in [0.2, 0.25) is 0 Å². The van der Waals surface area contributed by atoms with Gasteiger partial charge in [0.25, 0.3) is 17.7 Å². The van der Waals surface area contributed by atoms with E-state index >= 15 is 0 Å². The van der Waals surface area contributed by atoms with Crippen molar-refractivity contribution in [2.24, 2.45) is 0 Å². The molecule has 0 bridgehead atoms. The third-order valence-electron chi connectivity index (χ3n) is 5.04. The molecule has 0 unspecified atom stereocenters. The highest BCUT2D eigenvalue weighted by atomic mass is 16.5. The molecule has 35 heavy (non-hydrogen) atoms. The Kier molecular flexibility index (Phi) is 8.29. The van der Waals surface area contributed by atoms with E-state index in [1.165, 1.54) is 19.1 Å². The summed E-state index contributed by atoms with van der Waals surface area (Å²) in [6.45, 7) is -0.204. The SMILES string of the molecule is COc1cc(NC(=O)c2ccccc2OCC(=O)N(C)C)c(OC)cc1NC(=O)c1ccccc1. The summed E-state index contributed by atoms with van der Waals surface area (Å²) < 4.78 is 16.4. The van der Waals surface area contributed by atoms with E-state index in [1.807, 2.05) is 6.07 Å². The Labute approximate surface area is 203 Å². The first kappa shape index (κ1) is 25.1. The van der Waals surface area contributed by atoms with Gasteiger partial charge in [0.1, 0.15) is 17.2 Å². The lowest BCUT2D eigenvalue weighted by Gasteiger charge is -2.17. The number of nitrogens with zero attached hydrogens (tertiary/aromatic N) is 1. The number of anilines is 2. The van der Waals surface area contributed by atoms with Crippen molar-refractivity contribution in [2.45, 2.75) is 0 Å². The Morgan fingerprint density at radius 1 is 0.743 bits per heavy atom. The van der Waals surface area contributed by atoms with Crippen LogP contribution in [0.4, 0.5) is 11.4 Å². The van der Waals surface area contributed by atoms with E-state index in [2.05, 4.69) is 10.6 Å². The van der Waals surface area contributed by atoms with Gasteiger partial charge in [0.2, 0.25) is 0 Å². The van der Waals surface area contributed by atoms with Crippen molar-refractivity contribution in [3.8, 4) is 17.2 Å². The molecule has 0 saturated carbocycles. The second-order valence-corrected chi connectivity index (χ2v) is 7.60. The van der Waals surface area contributed by atoms with Crippen molar-refractivity contribution in [3.05, 3.63) is 77.9 Å².